The highest BCUT2D eigenvalue weighted by Gasteiger charge is 2.28. The molecule has 0 fully saturated rings. The fourth-order valence-corrected chi connectivity index (χ4v) is 3.62. The third-order valence-corrected chi connectivity index (χ3v) is 5.13. The first kappa shape index (κ1) is 18.2. The van der Waals surface area contributed by atoms with Crippen LogP contribution in [0.15, 0.2) is 79.4 Å². The molecule has 3 N–H and O–H groups in total. The van der Waals surface area contributed by atoms with Gasteiger partial charge in [0.2, 0.25) is 0 Å². The Morgan fingerprint density at radius 2 is 1.61 bits per heavy atom. The number of hydrogen-bond acceptors (Lipinski definition) is 3. The van der Waals surface area contributed by atoms with Gasteiger partial charge in [0.25, 0.3) is 0 Å². The number of imidazole rings is 2. The molecule has 4 aromatic rings. The van der Waals surface area contributed by atoms with Crippen LogP contribution in [0, 0.1) is 0 Å². The molecule has 3 unspecified atom stereocenters. The summed E-state index contributed by atoms with van der Waals surface area (Å²) < 4.78 is 0. The molecular weight excluding hydrogens is 348 g/mol. The van der Waals surface area contributed by atoms with E-state index >= 15 is 0 Å². The lowest BCUT2D eigenvalue weighted by Gasteiger charge is -2.20. The van der Waals surface area contributed by atoms with E-state index in [1.54, 1.807) is 12.5 Å². The van der Waals surface area contributed by atoms with E-state index in [0.717, 1.165) is 23.5 Å². The number of aromatic nitrogens is 4. The Kier molecular flexibility index (Phi) is 5.35. The summed E-state index contributed by atoms with van der Waals surface area (Å²) in [5.74, 6) is 0.809. The number of H-pyrrole nitrogens is 2. The monoisotopic (exact) mass is 372 g/mol. The van der Waals surface area contributed by atoms with Gasteiger partial charge in [0.1, 0.15) is 11.9 Å². The summed E-state index contributed by atoms with van der Waals surface area (Å²) in [7, 11) is 0. The Balaban J connectivity index is 1.61. The Labute approximate surface area is 164 Å². The summed E-state index contributed by atoms with van der Waals surface area (Å²) in [6.07, 6.45) is 5.25. The Morgan fingerprint density at radius 3 is 2.25 bits per heavy atom. The van der Waals surface area contributed by atoms with Crippen LogP contribution in [-0.2, 0) is 6.42 Å². The lowest BCUT2D eigenvalue weighted by Crippen LogP contribution is -2.14. The largest absolute Gasteiger partial charge is 0.386 e. The van der Waals surface area contributed by atoms with E-state index in [2.05, 4.69) is 51.1 Å². The SMILES string of the molecule is CC(Cc1cnc(C(c2ccccc2)C(O)c2c[nH]cn2)[nH]1)c1ccccc1. The predicted octanol–water partition coefficient (Wildman–Crippen LogP) is 4.34. The number of nitrogens with one attached hydrogen (secondary N) is 2. The van der Waals surface area contributed by atoms with Crippen molar-refractivity contribution in [2.24, 2.45) is 0 Å². The van der Waals surface area contributed by atoms with Crippen molar-refractivity contribution in [1.82, 2.24) is 19.9 Å². The smallest absolute Gasteiger partial charge is 0.116 e. The molecule has 0 spiro atoms. The highest BCUT2D eigenvalue weighted by Crippen LogP contribution is 2.34. The van der Waals surface area contributed by atoms with E-state index < -0.39 is 6.10 Å². The van der Waals surface area contributed by atoms with E-state index in [1.165, 1.54) is 5.56 Å². The molecule has 0 saturated heterocycles. The van der Waals surface area contributed by atoms with Gasteiger partial charge in [-0.3, -0.25) is 0 Å². The summed E-state index contributed by atoms with van der Waals surface area (Å²) in [5.41, 5.74) is 3.95. The third-order valence-electron chi connectivity index (χ3n) is 5.13. The minimum atomic E-state index is -0.792. The van der Waals surface area contributed by atoms with Crippen LogP contribution in [0.1, 0.15) is 53.2 Å². The number of hydrogen-bond donors (Lipinski definition) is 3. The van der Waals surface area contributed by atoms with Crippen LogP contribution >= 0.6 is 0 Å². The van der Waals surface area contributed by atoms with E-state index in [-0.39, 0.29) is 5.92 Å². The van der Waals surface area contributed by atoms with Crippen molar-refractivity contribution in [3.8, 4) is 0 Å². The highest BCUT2D eigenvalue weighted by atomic mass is 16.3. The van der Waals surface area contributed by atoms with Gasteiger partial charge in [0, 0.05) is 18.1 Å². The van der Waals surface area contributed by atoms with Crippen LogP contribution in [0.3, 0.4) is 0 Å². The quantitative estimate of drug-likeness (QED) is 0.451. The molecule has 28 heavy (non-hydrogen) atoms. The van der Waals surface area contributed by atoms with Crippen LogP contribution in [0.2, 0.25) is 0 Å². The van der Waals surface area contributed by atoms with Crippen molar-refractivity contribution in [2.75, 3.05) is 0 Å². The van der Waals surface area contributed by atoms with Gasteiger partial charge in [-0.2, -0.15) is 0 Å². The Bertz CT molecular complexity index is 980. The number of benzene rings is 2. The maximum atomic E-state index is 11.0. The zero-order valence-electron chi connectivity index (χ0n) is 15.8. The molecule has 2 aromatic heterocycles. The summed E-state index contributed by atoms with van der Waals surface area (Å²) in [6, 6.07) is 20.4. The second kappa shape index (κ2) is 8.23. The summed E-state index contributed by atoms with van der Waals surface area (Å²) in [5, 5.41) is 11.0. The van der Waals surface area contributed by atoms with Crippen LogP contribution in [0.5, 0.6) is 0 Å². The number of nitrogens with zero attached hydrogens (tertiary/aromatic N) is 2. The van der Waals surface area contributed by atoms with E-state index in [9.17, 15) is 5.11 Å². The average Bonchev–Trinajstić information content (AvgIpc) is 3.42. The zero-order valence-corrected chi connectivity index (χ0v) is 15.8. The minimum absolute atomic E-state index is 0.315. The van der Waals surface area contributed by atoms with Crippen LogP contribution in [0.4, 0.5) is 0 Å². The molecule has 0 amide bonds. The number of rotatable bonds is 7. The van der Waals surface area contributed by atoms with Gasteiger partial charge in [-0.15, -0.1) is 0 Å². The Morgan fingerprint density at radius 1 is 0.929 bits per heavy atom. The number of aromatic amines is 2. The third kappa shape index (κ3) is 3.89. The lowest BCUT2D eigenvalue weighted by molar-refractivity contribution is 0.152. The highest BCUT2D eigenvalue weighted by molar-refractivity contribution is 5.30. The fraction of sp³-hybridized carbons (Fsp3) is 0.217. The summed E-state index contributed by atoms with van der Waals surface area (Å²) in [6.45, 7) is 2.21. The van der Waals surface area contributed by atoms with E-state index in [1.807, 2.05) is 42.6 Å². The second-order valence-corrected chi connectivity index (χ2v) is 7.14. The molecule has 0 saturated carbocycles. The first-order chi connectivity index (χ1) is 13.7. The molecule has 142 valence electrons. The van der Waals surface area contributed by atoms with Crippen LogP contribution in [0.25, 0.3) is 0 Å². The molecule has 0 aliphatic heterocycles. The molecule has 5 nitrogen and oxygen atoms in total. The first-order valence-electron chi connectivity index (χ1n) is 9.53. The fourth-order valence-electron chi connectivity index (χ4n) is 3.62. The molecule has 0 bridgehead atoms. The van der Waals surface area contributed by atoms with Crippen LogP contribution in [-0.4, -0.2) is 25.0 Å². The number of aliphatic hydroxyl groups excluding tert-OH is 1. The Hall–Kier alpha value is -3.18. The molecule has 2 heterocycles. The molecule has 4 rings (SSSR count). The van der Waals surface area contributed by atoms with Gasteiger partial charge in [0.15, 0.2) is 0 Å². The van der Waals surface area contributed by atoms with Gasteiger partial charge in [-0.05, 0) is 23.5 Å². The maximum Gasteiger partial charge on any atom is 0.116 e. The van der Waals surface area contributed by atoms with E-state index in [0.29, 0.717) is 11.6 Å². The van der Waals surface area contributed by atoms with Gasteiger partial charge in [-0.1, -0.05) is 67.6 Å². The van der Waals surface area contributed by atoms with Gasteiger partial charge < -0.3 is 15.1 Å². The van der Waals surface area contributed by atoms with Crippen molar-refractivity contribution in [3.05, 3.63) is 108 Å². The topological polar surface area (TPSA) is 77.6 Å². The molecule has 5 heteroatoms. The van der Waals surface area contributed by atoms with Gasteiger partial charge in [-0.25, -0.2) is 9.97 Å². The average molecular weight is 372 g/mol. The normalized spacial score (nSPS) is 14.5. The number of aliphatic hydroxyl groups is 1. The zero-order chi connectivity index (χ0) is 19.3. The van der Waals surface area contributed by atoms with Gasteiger partial charge >= 0.3 is 0 Å². The van der Waals surface area contributed by atoms with Crippen molar-refractivity contribution in [2.45, 2.75) is 31.3 Å². The molecule has 2 aromatic carbocycles. The van der Waals surface area contributed by atoms with E-state index in [4.69, 9.17) is 0 Å². The van der Waals surface area contributed by atoms with Gasteiger partial charge in [0.05, 0.1) is 17.9 Å². The minimum Gasteiger partial charge on any atom is -0.386 e. The molecule has 3 atom stereocenters. The molecule has 0 aliphatic rings. The van der Waals surface area contributed by atoms with Crippen molar-refractivity contribution >= 4 is 0 Å². The van der Waals surface area contributed by atoms with Crippen LogP contribution < -0.4 is 0 Å². The molecule has 0 aliphatic carbocycles. The lowest BCUT2D eigenvalue weighted by atomic mass is 9.91. The predicted molar refractivity (Wildman–Crippen MR) is 109 cm³/mol. The molecule has 0 radical (unpaired) electrons. The summed E-state index contributed by atoms with van der Waals surface area (Å²) in [4.78, 5) is 15.2. The second-order valence-electron chi connectivity index (χ2n) is 7.14. The first-order valence-corrected chi connectivity index (χ1v) is 9.53. The van der Waals surface area contributed by atoms with Crippen molar-refractivity contribution < 1.29 is 5.11 Å². The standard InChI is InChI=1S/C23H24N4O/c1-16(17-8-4-2-5-9-17)12-19-13-25-23(27-19)21(18-10-6-3-7-11-18)22(28)20-14-24-15-26-20/h2-11,13-16,21-22,28H,12H2,1H3,(H,24,26)(H,25,27). The molecular formula is C23H24N4O. The summed E-state index contributed by atoms with van der Waals surface area (Å²) >= 11 is 0. The maximum absolute atomic E-state index is 11.0. The van der Waals surface area contributed by atoms with Crippen molar-refractivity contribution in [3.63, 3.8) is 0 Å². The van der Waals surface area contributed by atoms with Crippen molar-refractivity contribution in [1.29, 1.82) is 0 Å².